The minimum atomic E-state index is -0.350. The number of nitro groups is 1. The Kier molecular flexibility index (Phi) is 4.46. The summed E-state index contributed by atoms with van der Waals surface area (Å²) in [7, 11) is 1.77. The summed E-state index contributed by atoms with van der Waals surface area (Å²) in [5, 5.41) is 18.5. The van der Waals surface area contributed by atoms with Crippen LogP contribution in [0.15, 0.2) is 12.4 Å². The molecule has 0 aliphatic carbocycles. The minimum Gasteiger partial charge on any atom is -0.372 e. The van der Waals surface area contributed by atoms with E-state index in [1.165, 1.54) is 0 Å². The van der Waals surface area contributed by atoms with Crippen LogP contribution in [0.25, 0.3) is 0 Å². The molecule has 2 rings (SSSR count). The second-order valence-electron chi connectivity index (χ2n) is 4.51. The van der Waals surface area contributed by atoms with Crippen LogP contribution in [0.4, 0.5) is 11.5 Å². The quantitative estimate of drug-likeness (QED) is 0.643. The number of hydrogen-bond donors (Lipinski definition) is 1. The molecule has 8 heteroatoms. The van der Waals surface area contributed by atoms with Crippen molar-refractivity contribution < 1.29 is 4.92 Å². The largest absolute Gasteiger partial charge is 0.372 e. The second-order valence-corrected chi connectivity index (χ2v) is 4.51. The van der Waals surface area contributed by atoms with Gasteiger partial charge < -0.3 is 5.32 Å². The fourth-order valence-electron chi connectivity index (χ4n) is 2.19. The first-order chi connectivity index (χ1) is 10.1. The first-order valence-electron chi connectivity index (χ1n) is 6.82. The Labute approximate surface area is 122 Å². The maximum atomic E-state index is 11.2. The Balaban J connectivity index is 2.36. The topological polar surface area (TPSA) is 98.8 Å². The lowest BCUT2D eigenvalue weighted by Crippen LogP contribution is -2.08. The first-order valence-corrected chi connectivity index (χ1v) is 6.82. The maximum Gasteiger partial charge on any atom is 0.313 e. The molecule has 0 saturated carbocycles. The van der Waals surface area contributed by atoms with Crippen LogP contribution < -0.4 is 5.32 Å². The third-order valence-corrected chi connectivity index (χ3v) is 3.23. The van der Waals surface area contributed by atoms with E-state index in [0.717, 1.165) is 0 Å². The summed E-state index contributed by atoms with van der Waals surface area (Å²) in [5.74, 6) is 0.676. The summed E-state index contributed by atoms with van der Waals surface area (Å²) < 4.78 is 1.65. The van der Waals surface area contributed by atoms with Gasteiger partial charge in [-0.2, -0.15) is 5.10 Å². The molecule has 112 valence electrons. The van der Waals surface area contributed by atoms with Gasteiger partial charge in [-0.3, -0.25) is 19.8 Å². The van der Waals surface area contributed by atoms with Crippen LogP contribution in [0, 0.1) is 10.1 Å². The average Bonchev–Trinajstić information content (AvgIpc) is 2.85. The van der Waals surface area contributed by atoms with Crippen LogP contribution >= 0.6 is 0 Å². The molecule has 0 spiro atoms. The van der Waals surface area contributed by atoms with Crippen LogP contribution in [0.1, 0.15) is 30.9 Å². The molecule has 1 N–H and O–H groups in total. The van der Waals surface area contributed by atoms with Crippen LogP contribution in [-0.2, 0) is 19.4 Å². The summed E-state index contributed by atoms with van der Waals surface area (Å²) in [5.41, 5.74) is 1.97. The van der Waals surface area contributed by atoms with Crippen molar-refractivity contribution in [2.24, 2.45) is 0 Å². The number of aryl methyl sites for hydroxylation is 1. The summed E-state index contributed by atoms with van der Waals surface area (Å²) >= 11 is 0. The molecule has 0 saturated heterocycles. The predicted octanol–water partition coefficient (Wildman–Crippen LogP) is 1.80. The molecule has 0 fully saturated rings. The second kappa shape index (κ2) is 6.29. The van der Waals surface area contributed by atoms with Gasteiger partial charge in [-0.1, -0.05) is 13.8 Å². The van der Waals surface area contributed by atoms with Gasteiger partial charge in [0.05, 0.1) is 29.6 Å². The van der Waals surface area contributed by atoms with Gasteiger partial charge in [-0.25, -0.2) is 4.98 Å². The van der Waals surface area contributed by atoms with Gasteiger partial charge in [0, 0.05) is 7.05 Å². The monoisotopic (exact) mass is 290 g/mol. The van der Waals surface area contributed by atoms with E-state index in [2.05, 4.69) is 20.4 Å². The molecule has 2 heterocycles. The molecule has 21 heavy (non-hydrogen) atoms. The number of aromatic nitrogens is 4. The molecule has 2 aromatic rings. The molecule has 8 nitrogen and oxygen atoms in total. The summed E-state index contributed by atoms with van der Waals surface area (Å²) in [6.45, 7) is 4.12. The molecule has 0 atom stereocenters. The highest BCUT2D eigenvalue weighted by Gasteiger charge is 2.25. The van der Waals surface area contributed by atoms with Crippen molar-refractivity contribution in [1.82, 2.24) is 19.7 Å². The zero-order chi connectivity index (χ0) is 15.4. The van der Waals surface area contributed by atoms with E-state index < -0.39 is 0 Å². The first kappa shape index (κ1) is 14.9. The Hall–Kier alpha value is -2.51. The third-order valence-electron chi connectivity index (χ3n) is 3.23. The Morgan fingerprint density at radius 1 is 1.29 bits per heavy atom. The molecule has 0 radical (unpaired) electrons. The normalized spacial score (nSPS) is 10.6. The smallest absolute Gasteiger partial charge is 0.313 e. The van der Waals surface area contributed by atoms with Crippen LogP contribution in [-0.4, -0.2) is 31.7 Å². The number of nitrogens with zero attached hydrogens (tertiary/aromatic N) is 5. The zero-order valence-corrected chi connectivity index (χ0v) is 12.3. The van der Waals surface area contributed by atoms with E-state index in [1.54, 1.807) is 24.1 Å². The predicted molar refractivity (Wildman–Crippen MR) is 78.3 cm³/mol. The highest BCUT2D eigenvalue weighted by atomic mass is 16.6. The van der Waals surface area contributed by atoms with Crippen molar-refractivity contribution in [2.45, 2.75) is 33.2 Å². The number of anilines is 1. The van der Waals surface area contributed by atoms with Crippen molar-refractivity contribution in [3.8, 4) is 0 Å². The molecule has 0 amide bonds. The Bertz CT molecular complexity index is 635. The molecule has 2 aromatic heterocycles. The molecule has 0 bridgehead atoms. The molecule has 0 aliphatic heterocycles. The molecule has 0 aromatic carbocycles. The summed E-state index contributed by atoms with van der Waals surface area (Å²) in [6.07, 6.45) is 4.34. The van der Waals surface area contributed by atoms with Gasteiger partial charge in [0.25, 0.3) is 0 Å². The number of hydrogen-bond acceptors (Lipinski definition) is 6. The highest BCUT2D eigenvalue weighted by Crippen LogP contribution is 2.25. The number of nitrogens with one attached hydrogen (secondary N) is 1. The fourth-order valence-corrected chi connectivity index (χ4v) is 2.19. The van der Waals surface area contributed by atoms with Gasteiger partial charge in [-0.05, 0) is 12.8 Å². The minimum absolute atomic E-state index is 0.125. The zero-order valence-electron chi connectivity index (χ0n) is 12.3. The van der Waals surface area contributed by atoms with Crippen LogP contribution in [0.5, 0.6) is 0 Å². The van der Waals surface area contributed by atoms with E-state index in [0.29, 0.717) is 42.3 Å². The highest BCUT2D eigenvalue weighted by molar-refractivity contribution is 5.41. The third kappa shape index (κ3) is 2.99. The van der Waals surface area contributed by atoms with E-state index in [9.17, 15) is 10.1 Å². The molecule has 0 aliphatic rings. The van der Waals surface area contributed by atoms with Crippen molar-refractivity contribution in [2.75, 3.05) is 12.4 Å². The maximum absolute atomic E-state index is 11.2. The molecular formula is C13H18N6O2. The van der Waals surface area contributed by atoms with Gasteiger partial charge in [-0.15, -0.1) is 0 Å². The van der Waals surface area contributed by atoms with Gasteiger partial charge in [0.1, 0.15) is 17.2 Å². The van der Waals surface area contributed by atoms with Crippen LogP contribution in [0.2, 0.25) is 0 Å². The van der Waals surface area contributed by atoms with Crippen molar-refractivity contribution in [3.05, 3.63) is 39.6 Å². The fraction of sp³-hybridized carbons (Fsp3) is 0.462. The van der Waals surface area contributed by atoms with Gasteiger partial charge in [0.2, 0.25) is 0 Å². The van der Waals surface area contributed by atoms with E-state index in [-0.39, 0.29) is 10.6 Å². The summed E-state index contributed by atoms with van der Waals surface area (Å²) in [6, 6.07) is 0. The van der Waals surface area contributed by atoms with Crippen molar-refractivity contribution in [3.63, 3.8) is 0 Å². The Morgan fingerprint density at radius 2 is 2.05 bits per heavy atom. The lowest BCUT2D eigenvalue weighted by Gasteiger charge is -2.05. The van der Waals surface area contributed by atoms with Gasteiger partial charge >= 0.3 is 5.69 Å². The average molecular weight is 290 g/mol. The van der Waals surface area contributed by atoms with Crippen LogP contribution in [0.3, 0.4) is 0 Å². The van der Waals surface area contributed by atoms with Crippen molar-refractivity contribution in [1.29, 1.82) is 0 Å². The summed E-state index contributed by atoms with van der Waals surface area (Å²) in [4.78, 5) is 19.3. The molecular weight excluding hydrogens is 272 g/mol. The van der Waals surface area contributed by atoms with Crippen molar-refractivity contribution >= 4 is 11.5 Å². The molecule has 0 unspecified atom stereocenters. The SMILES string of the molecule is CCc1nn(Cc2cnc(NC)cn2)c(CC)c1[N+](=O)[O-]. The van der Waals surface area contributed by atoms with E-state index in [4.69, 9.17) is 0 Å². The Morgan fingerprint density at radius 3 is 2.52 bits per heavy atom. The lowest BCUT2D eigenvalue weighted by molar-refractivity contribution is -0.386. The lowest BCUT2D eigenvalue weighted by atomic mass is 10.2. The van der Waals surface area contributed by atoms with E-state index in [1.807, 2.05) is 13.8 Å². The van der Waals surface area contributed by atoms with E-state index >= 15 is 0 Å². The van der Waals surface area contributed by atoms with Gasteiger partial charge in [0.15, 0.2) is 0 Å². The standard InChI is InChI=1S/C13H18N6O2/c1-4-10-13(19(20)21)11(5-2)18(17-10)8-9-6-16-12(14-3)7-15-9/h6-7H,4-5,8H2,1-3H3,(H,14,16). The number of rotatable bonds is 6.